The maximum absolute atomic E-state index is 7.13. The summed E-state index contributed by atoms with van der Waals surface area (Å²) in [6.45, 7) is 11.8. The van der Waals surface area contributed by atoms with Crippen LogP contribution in [0.5, 0.6) is 0 Å². The van der Waals surface area contributed by atoms with E-state index in [-0.39, 0.29) is 23.5 Å². The summed E-state index contributed by atoms with van der Waals surface area (Å²) in [5, 5.41) is 9.13. The lowest BCUT2D eigenvalue weighted by Crippen LogP contribution is -2.39. The predicted molar refractivity (Wildman–Crippen MR) is 264 cm³/mol. The van der Waals surface area contributed by atoms with Gasteiger partial charge in [0.25, 0.3) is 0 Å². The molecule has 0 spiro atoms. The average molecular weight is 825 g/mol. The molecule has 0 radical (unpaired) electrons. The number of rotatable bonds is 8. The van der Waals surface area contributed by atoms with E-state index in [2.05, 4.69) is 190 Å². The Labute approximate surface area is 371 Å². The molecule has 4 aliphatic carbocycles. The Morgan fingerprint density at radius 2 is 1.33 bits per heavy atom. The Kier molecular flexibility index (Phi) is 9.03. The Morgan fingerprint density at radius 1 is 0.635 bits per heavy atom. The summed E-state index contributed by atoms with van der Waals surface area (Å²) in [6.07, 6.45) is 29.1. The Balaban J connectivity index is 1.15. The van der Waals surface area contributed by atoms with Gasteiger partial charge in [-0.2, -0.15) is 0 Å². The van der Waals surface area contributed by atoms with Crippen LogP contribution in [-0.2, 0) is 17.6 Å². The van der Waals surface area contributed by atoms with Crippen LogP contribution in [0.3, 0.4) is 0 Å². The van der Waals surface area contributed by atoms with Gasteiger partial charge in [0.15, 0.2) is 5.58 Å². The smallest absolute Gasteiger partial charge is 0.158 e. The monoisotopic (exact) mass is 824 g/mol. The molecule has 4 heteroatoms. The van der Waals surface area contributed by atoms with Crippen molar-refractivity contribution < 1.29 is 9.15 Å². The van der Waals surface area contributed by atoms with Gasteiger partial charge in [-0.1, -0.05) is 138 Å². The van der Waals surface area contributed by atoms with Crippen molar-refractivity contribution in [2.45, 2.75) is 97.2 Å². The molecule has 2 heterocycles. The highest BCUT2D eigenvalue weighted by Crippen LogP contribution is 2.55. The molecule has 0 N–H and O–H groups in total. The number of fused-ring (bicyclic) bond motifs is 6. The summed E-state index contributed by atoms with van der Waals surface area (Å²) in [7, 11) is 0. The molecule has 0 amide bonds. The van der Waals surface area contributed by atoms with Crippen LogP contribution in [0.4, 0.5) is 22.7 Å². The van der Waals surface area contributed by atoms with Crippen molar-refractivity contribution in [3.63, 3.8) is 0 Å². The Bertz CT molecular complexity index is 3150. The minimum absolute atomic E-state index is 0.0319. The number of para-hydroxylation sites is 2. The molecule has 12 rings (SSSR count). The number of ether oxygens (including phenoxy) is 1. The SMILES string of the molecule is CC(C)c1cc(N(C2=CC=CC3(C)C2OC2C=CC=CC23)c2ccccc2)c2ccc3c(C(C)C)cc(N(C4=CC=CCC4)c4cccc5c6c(oc45)CCCC6)c4ccc1c2c34. The fourth-order valence-corrected chi connectivity index (χ4v) is 12.0. The van der Waals surface area contributed by atoms with Gasteiger partial charge in [0.05, 0.1) is 28.9 Å². The Morgan fingerprint density at radius 3 is 2.05 bits per heavy atom. The standard InChI is InChI=1S/C59H56N2O2/c1-36(2)46-34-51(60(38-18-8-6-9-19-38)49-25-16-23-43-40-22-12-14-27-53(40)62-57(43)49)44-31-29-42-47(37(3)4)35-52(45-32-30-41(46)55(44)56(42)45)61(39-20-10-7-11-21-39)50-26-17-33-59(5)48-24-13-15-28-54(48)63-58(50)59/h6-8,10-11,13,15-18,20-21,23-26,28-37,48,54,58H,9,12,14,19,22,27H2,1-5H3. The number of allylic oxidation sites excluding steroid dienone is 8. The lowest BCUT2D eigenvalue weighted by Gasteiger charge is -2.40. The third-order valence-corrected chi connectivity index (χ3v) is 15.1. The molecule has 1 aromatic heterocycles. The van der Waals surface area contributed by atoms with Crippen molar-refractivity contribution in [3.8, 4) is 0 Å². The molecule has 63 heavy (non-hydrogen) atoms. The first-order chi connectivity index (χ1) is 30.8. The summed E-state index contributed by atoms with van der Waals surface area (Å²) in [4.78, 5) is 5.10. The van der Waals surface area contributed by atoms with Gasteiger partial charge in [0.2, 0.25) is 0 Å². The number of benzene rings is 6. The molecule has 7 aromatic rings. The summed E-state index contributed by atoms with van der Waals surface area (Å²) in [5.74, 6) is 2.03. The van der Waals surface area contributed by atoms with E-state index in [9.17, 15) is 0 Å². The maximum Gasteiger partial charge on any atom is 0.158 e. The van der Waals surface area contributed by atoms with Crippen molar-refractivity contribution in [2.24, 2.45) is 11.3 Å². The third kappa shape index (κ3) is 5.83. The molecule has 1 saturated heterocycles. The summed E-state index contributed by atoms with van der Waals surface area (Å²) in [5.41, 5.74) is 12.1. The summed E-state index contributed by atoms with van der Waals surface area (Å²) in [6, 6.07) is 32.5. The topological polar surface area (TPSA) is 28.9 Å². The molecule has 1 aliphatic heterocycles. The number of nitrogens with zero attached hydrogens (tertiary/aromatic N) is 2. The third-order valence-electron chi connectivity index (χ3n) is 15.1. The van der Waals surface area contributed by atoms with E-state index in [1.54, 1.807) is 0 Å². The second-order valence-corrected chi connectivity index (χ2v) is 19.4. The summed E-state index contributed by atoms with van der Waals surface area (Å²) < 4.78 is 14.1. The molecule has 314 valence electrons. The van der Waals surface area contributed by atoms with E-state index in [0.29, 0.717) is 11.8 Å². The van der Waals surface area contributed by atoms with Crippen LogP contribution >= 0.6 is 0 Å². The predicted octanol–water partition coefficient (Wildman–Crippen LogP) is 15.9. The molecule has 1 fully saturated rings. The fourth-order valence-electron chi connectivity index (χ4n) is 12.0. The van der Waals surface area contributed by atoms with E-state index in [4.69, 9.17) is 9.15 Å². The number of aryl methyl sites for hydroxylation is 2. The molecule has 5 aliphatic rings. The van der Waals surface area contributed by atoms with Gasteiger partial charge in [-0.25, -0.2) is 0 Å². The van der Waals surface area contributed by atoms with Crippen molar-refractivity contribution >= 4 is 66.0 Å². The average Bonchev–Trinajstić information content (AvgIpc) is 3.85. The van der Waals surface area contributed by atoms with Gasteiger partial charge in [0.1, 0.15) is 11.9 Å². The number of anilines is 4. The van der Waals surface area contributed by atoms with Crippen molar-refractivity contribution in [3.05, 3.63) is 180 Å². The van der Waals surface area contributed by atoms with Gasteiger partial charge in [-0.3, -0.25) is 0 Å². The van der Waals surface area contributed by atoms with Crippen LogP contribution in [0.15, 0.2) is 162 Å². The largest absolute Gasteiger partial charge is 0.459 e. The highest BCUT2D eigenvalue weighted by molar-refractivity contribution is 6.29. The van der Waals surface area contributed by atoms with E-state index in [0.717, 1.165) is 42.6 Å². The minimum atomic E-state index is -0.197. The Hall–Kier alpha value is -6.10. The lowest BCUT2D eigenvalue weighted by molar-refractivity contribution is 0.0679. The van der Waals surface area contributed by atoms with Gasteiger partial charge in [-0.05, 0) is 119 Å². The normalized spacial score (nSPS) is 22.7. The first-order valence-electron chi connectivity index (χ1n) is 23.5. The number of furan rings is 1. The molecule has 4 atom stereocenters. The molecule has 0 bridgehead atoms. The molecular formula is C59H56N2O2. The zero-order valence-corrected chi connectivity index (χ0v) is 37.2. The van der Waals surface area contributed by atoms with E-state index < -0.39 is 0 Å². The zero-order valence-electron chi connectivity index (χ0n) is 37.2. The van der Waals surface area contributed by atoms with Crippen LogP contribution in [0, 0.1) is 11.3 Å². The van der Waals surface area contributed by atoms with Crippen molar-refractivity contribution in [2.75, 3.05) is 9.80 Å². The number of hydrogen-bond donors (Lipinski definition) is 0. The fraction of sp³-hybridized carbons (Fsp3) is 0.288. The van der Waals surface area contributed by atoms with Crippen molar-refractivity contribution in [1.82, 2.24) is 0 Å². The number of hydrogen-bond acceptors (Lipinski definition) is 4. The van der Waals surface area contributed by atoms with E-state index >= 15 is 0 Å². The van der Waals surface area contributed by atoms with Crippen LogP contribution in [0.1, 0.15) is 94.6 Å². The van der Waals surface area contributed by atoms with Crippen LogP contribution in [0.25, 0.3) is 43.3 Å². The molecular weight excluding hydrogens is 769 g/mol. The van der Waals surface area contributed by atoms with Crippen molar-refractivity contribution in [1.29, 1.82) is 0 Å². The van der Waals surface area contributed by atoms with Crippen LogP contribution in [-0.4, -0.2) is 12.2 Å². The van der Waals surface area contributed by atoms with E-state index in [1.165, 1.54) is 95.8 Å². The molecule has 6 aromatic carbocycles. The second-order valence-electron chi connectivity index (χ2n) is 19.4. The second kappa shape index (κ2) is 14.7. The summed E-state index contributed by atoms with van der Waals surface area (Å²) >= 11 is 0. The molecule has 4 nitrogen and oxygen atoms in total. The minimum Gasteiger partial charge on any atom is -0.459 e. The first-order valence-corrected chi connectivity index (χ1v) is 23.5. The highest BCUT2D eigenvalue weighted by Gasteiger charge is 2.54. The first kappa shape index (κ1) is 38.6. The molecule has 4 unspecified atom stereocenters. The highest BCUT2D eigenvalue weighted by atomic mass is 16.5. The van der Waals surface area contributed by atoms with Gasteiger partial charge >= 0.3 is 0 Å². The van der Waals surface area contributed by atoms with Crippen LogP contribution < -0.4 is 9.80 Å². The van der Waals surface area contributed by atoms with Crippen LogP contribution in [0.2, 0.25) is 0 Å². The maximum atomic E-state index is 7.13. The van der Waals surface area contributed by atoms with Gasteiger partial charge in [-0.15, -0.1) is 0 Å². The quantitative estimate of drug-likeness (QED) is 0.143. The zero-order chi connectivity index (χ0) is 42.6. The van der Waals surface area contributed by atoms with Gasteiger partial charge < -0.3 is 19.0 Å². The van der Waals surface area contributed by atoms with Gasteiger partial charge in [0, 0.05) is 50.9 Å². The lowest BCUT2D eigenvalue weighted by atomic mass is 9.69. The molecule has 0 saturated carbocycles. The van der Waals surface area contributed by atoms with E-state index in [1.807, 2.05) is 0 Å².